The van der Waals surface area contributed by atoms with Gasteiger partial charge in [-0.1, -0.05) is 6.92 Å². The van der Waals surface area contributed by atoms with Crippen molar-refractivity contribution in [2.75, 3.05) is 32.8 Å². The zero-order chi connectivity index (χ0) is 12.0. The molecule has 16 heavy (non-hydrogen) atoms. The molecule has 1 saturated heterocycles. The van der Waals surface area contributed by atoms with Gasteiger partial charge in [-0.15, -0.1) is 0 Å². The van der Waals surface area contributed by atoms with E-state index in [1.165, 1.54) is 13.0 Å². The van der Waals surface area contributed by atoms with Gasteiger partial charge in [-0.2, -0.15) is 0 Å². The van der Waals surface area contributed by atoms with E-state index in [0.29, 0.717) is 11.6 Å². The number of piperazine rings is 1. The lowest BCUT2D eigenvalue weighted by Crippen LogP contribution is -2.62. The summed E-state index contributed by atoms with van der Waals surface area (Å²) < 4.78 is 5.40. The lowest BCUT2D eigenvalue weighted by molar-refractivity contribution is 0.0753. The minimum Gasteiger partial charge on any atom is -0.382 e. The van der Waals surface area contributed by atoms with Crippen LogP contribution in [0.15, 0.2) is 0 Å². The van der Waals surface area contributed by atoms with Gasteiger partial charge in [0.2, 0.25) is 0 Å². The topological polar surface area (TPSA) is 24.5 Å². The first-order chi connectivity index (χ1) is 7.61. The number of ether oxygens (including phenoxy) is 1. The maximum absolute atomic E-state index is 5.40. The highest BCUT2D eigenvalue weighted by molar-refractivity contribution is 4.92. The molecule has 0 aromatic carbocycles. The molecule has 0 spiro atoms. The monoisotopic (exact) mass is 228 g/mol. The summed E-state index contributed by atoms with van der Waals surface area (Å²) in [5.74, 6) is 0. The van der Waals surface area contributed by atoms with Crippen LogP contribution in [0.3, 0.4) is 0 Å². The van der Waals surface area contributed by atoms with Crippen LogP contribution in [0.1, 0.15) is 40.5 Å². The van der Waals surface area contributed by atoms with E-state index >= 15 is 0 Å². The molecule has 3 heteroatoms. The molecule has 0 aliphatic carbocycles. The van der Waals surface area contributed by atoms with Gasteiger partial charge in [-0.25, -0.2) is 0 Å². The first kappa shape index (κ1) is 13.9. The summed E-state index contributed by atoms with van der Waals surface area (Å²) in [6, 6.07) is 0.654. The Kier molecular flexibility index (Phi) is 5.73. The van der Waals surface area contributed by atoms with Crippen molar-refractivity contribution in [3.05, 3.63) is 0 Å². The lowest BCUT2D eigenvalue weighted by atomic mass is 9.94. The maximum atomic E-state index is 5.40. The zero-order valence-electron chi connectivity index (χ0n) is 11.4. The summed E-state index contributed by atoms with van der Waals surface area (Å²) >= 11 is 0. The Morgan fingerprint density at radius 2 is 2.19 bits per heavy atom. The molecule has 1 N–H and O–H groups in total. The largest absolute Gasteiger partial charge is 0.382 e. The fourth-order valence-corrected chi connectivity index (χ4v) is 2.23. The molecule has 0 bridgehead atoms. The summed E-state index contributed by atoms with van der Waals surface area (Å²) in [5, 5.41) is 3.65. The van der Waals surface area contributed by atoms with E-state index in [4.69, 9.17) is 4.74 Å². The van der Waals surface area contributed by atoms with E-state index in [-0.39, 0.29) is 0 Å². The molecular weight excluding hydrogens is 200 g/mol. The van der Waals surface area contributed by atoms with E-state index in [2.05, 4.69) is 37.9 Å². The standard InChI is InChI=1S/C13H28N2O/c1-5-13(4)11-15(12(3)10-14-13)8-7-9-16-6-2/h12,14H,5-11H2,1-4H3. The number of nitrogens with one attached hydrogen (secondary N) is 1. The first-order valence-electron chi connectivity index (χ1n) is 6.68. The van der Waals surface area contributed by atoms with Crippen molar-refractivity contribution in [1.29, 1.82) is 0 Å². The lowest BCUT2D eigenvalue weighted by Gasteiger charge is -2.45. The van der Waals surface area contributed by atoms with E-state index in [0.717, 1.165) is 32.7 Å². The molecule has 0 aromatic rings. The molecule has 1 rings (SSSR count). The third-order valence-electron chi connectivity index (χ3n) is 3.72. The minimum absolute atomic E-state index is 0.304. The molecule has 96 valence electrons. The van der Waals surface area contributed by atoms with Crippen molar-refractivity contribution in [2.45, 2.75) is 52.1 Å². The highest BCUT2D eigenvalue weighted by Gasteiger charge is 2.31. The van der Waals surface area contributed by atoms with Crippen molar-refractivity contribution in [3.8, 4) is 0 Å². The Morgan fingerprint density at radius 3 is 2.81 bits per heavy atom. The van der Waals surface area contributed by atoms with Crippen LogP contribution in [0.4, 0.5) is 0 Å². The predicted molar refractivity (Wildman–Crippen MR) is 68.8 cm³/mol. The molecule has 2 atom stereocenters. The second-order valence-corrected chi connectivity index (χ2v) is 5.17. The average Bonchev–Trinajstić information content (AvgIpc) is 2.29. The second-order valence-electron chi connectivity index (χ2n) is 5.17. The van der Waals surface area contributed by atoms with E-state index in [1.807, 2.05) is 0 Å². The SMILES string of the molecule is CCOCCCN1CC(C)(CC)NCC1C. The van der Waals surface area contributed by atoms with Crippen LogP contribution >= 0.6 is 0 Å². The molecule has 1 heterocycles. The number of nitrogens with zero attached hydrogens (tertiary/aromatic N) is 1. The fraction of sp³-hybridized carbons (Fsp3) is 1.00. The van der Waals surface area contributed by atoms with Gasteiger partial charge in [0.05, 0.1) is 0 Å². The molecule has 0 saturated carbocycles. The Bertz CT molecular complexity index is 198. The molecule has 1 aliphatic rings. The highest BCUT2D eigenvalue weighted by Crippen LogP contribution is 2.18. The van der Waals surface area contributed by atoms with Crippen LogP contribution in [0.25, 0.3) is 0 Å². The maximum Gasteiger partial charge on any atom is 0.0478 e. The molecule has 0 amide bonds. The molecule has 0 aromatic heterocycles. The van der Waals surface area contributed by atoms with Gasteiger partial charge in [0.1, 0.15) is 0 Å². The van der Waals surface area contributed by atoms with Crippen LogP contribution < -0.4 is 5.32 Å². The highest BCUT2D eigenvalue weighted by atomic mass is 16.5. The van der Waals surface area contributed by atoms with Crippen LogP contribution in [-0.4, -0.2) is 49.3 Å². The summed E-state index contributed by atoms with van der Waals surface area (Å²) in [6.07, 6.45) is 2.35. The van der Waals surface area contributed by atoms with Gasteiger partial charge in [-0.05, 0) is 33.6 Å². The van der Waals surface area contributed by atoms with Crippen LogP contribution in [0, 0.1) is 0 Å². The van der Waals surface area contributed by atoms with Crippen molar-refractivity contribution in [1.82, 2.24) is 10.2 Å². The van der Waals surface area contributed by atoms with Crippen LogP contribution in [0.5, 0.6) is 0 Å². The number of hydrogen-bond acceptors (Lipinski definition) is 3. The molecule has 0 radical (unpaired) electrons. The van der Waals surface area contributed by atoms with Crippen molar-refractivity contribution < 1.29 is 4.74 Å². The molecule has 2 unspecified atom stereocenters. The third-order valence-corrected chi connectivity index (χ3v) is 3.72. The average molecular weight is 228 g/mol. The van der Waals surface area contributed by atoms with Crippen molar-refractivity contribution >= 4 is 0 Å². The Balaban J connectivity index is 2.32. The van der Waals surface area contributed by atoms with E-state index in [1.54, 1.807) is 0 Å². The van der Waals surface area contributed by atoms with Gasteiger partial charge in [-0.3, -0.25) is 4.90 Å². The fourth-order valence-electron chi connectivity index (χ4n) is 2.23. The quantitative estimate of drug-likeness (QED) is 0.703. The molecular formula is C13H28N2O. The Hall–Kier alpha value is -0.120. The second kappa shape index (κ2) is 6.58. The predicted octanol–water partition coefficient (Wildman–Crippen LogP) is 1.88. The Labute approximate surface area is 101 Å². The summed E-state index contributed by atoms with van der Waals surface area (Å²) in [7, 11) is 0. The third kappa shape index (κ3) is 4.04. The smallest absolute Gasteiger partial charge is 0.0478 e. The summed E-state index contributed by atoms with van der Waals surface area (Å²) in [5.41, 5.74) is 0.304. The van der Waals surface area contributed by atoms with Crippen LogP contribution in [0.2, 0.25) is 0 Å². The summed E-state index contributed by atoms with van der Waals surface area (Å²) in [6.45, 7) is 14.1. The molecule has 3 nitrogen and oxygen atoms in total. The molecule has 1 fully saturated rings. The normalized spacial score (nSPS) is 31.9. The Morgan fingerprint density at radius 1 is 1.44 bits per heavy atom. The molecule has 1 aliphatic heterocycles. The van der Waals surface area contributed by atoms with E-state index < -0.39 is 0 Å². The van der Waals surface area contributed by atoms with Crippen molar-refractivity contribution in [3.63, 3.8) is 0 Å². The number of hydrogen-bond donors (Lipinski definition) is 1. The van der Waals surface area contributed by atoms with Crippen LogP contribution in [-0.2, 0) is 4.74 Å². The number of rotatable bonds is 6. The van der Waals surface area contributed by atoms with Gasteiger partial charge in [0.15, 0.2) is 0 Å². The van der Waals surface area contributed by atoms with Gasteiger partial charge >= 0.3 is 0 Å². The van der Waals surface area contributed by atoms with Gasteiger partial charge in [0.25, 0.3) is 0 Å². The minimum atomic E-state index is 0.304. The summed E-state index contributed by atoms with van der Waals surface area (Å²) in [4.78, 5) is 2.60. The van der Waals surface area contributed by atoms with E-state index in [9.17, 15) is 0 Å². The van der Waals surface area contributed by atoms with Gasteiger partial charge < -0.3 is 10.1 Å². The van der Waals surface area contributed by atoms with Gasteiger partial charge in [0, 0.05) is 44.4 Å². The first-order valence-corrected chi connectivity index (χ1v) is 6.68. The van der Waals surface area contributed by atoms with Crippen molar-refractivity contribution in [2.24, 2.45) is 0 Å². The zero-order valence-corrected chi connectivity index (χ0v) is 11.4.